The van der Waals surface area contributed by atoms with Crippen LogP contribution in [-0.2, 0) is 9.53 Å². The zero-order valence-corrected chi connectivity index (χ0v) is 12.4. The Hall–Kier alpha value is -0.570. The monoisotopic (exact) mass is 260 g/mol. The first-order chi connectivity index (χ1) is 7.44. The Bertz CT molecular complexity index is 258. The summed E-state index contributed by atoms with van der Waals surface area (Å²) in [4.78, 5) is 12.2. The molecule has 0 saturated carbocycles. The normalized spacial score (nSPS) is 15.6. The van der Waals surface area contributed by atoms with Crippen molar-refractivity contribution in [3.8, 4) is 0 Å². The summed E-state index contributed by atoms with van der Waals surface area (Å²) in [6.07, 6.45) is 0.758. The highest BCUT2D eigenvalue weighted by Crippen LogP contribution is 2.47. The molecule has 3 nitrogen and oxygen atoms in total. The molecule has 0 aromatic rings. The van der Waals surface area contributed by atoms with Crippen molar-refractivity contribution < 1.29 is 14.6 Å². The maximum absolute atomic E-state index is 12.2. The van der Waals surface area contributed by atoms with Crippen LogP contribution in [-0.4, -0.2) is 24.3 Å². The van der Waals surface area contributed by atoms with Gasteiger partial charge in [0.25, 0.3) is 0 Å². The van der Waals surface area contributed by atoms with E-state index in [2.05, 4.69) is 41.5 Å². The number of esters is 1. The van der Waals surface area contributed by atoms with Gasteiger partial charge in [0.1, 0.15) is 6.61 Å². The Morgan fingerprint density at radius 1 is 1.06 bits per heavy atom. The van der Waals surface area contributed by atoms with Crippen LogP contribution in [0.4, 0.5) is 0 Å². The molecule has 0 radical (unpaired) electrons. The van der Waals surface area contributed by atoms with Crippen molar-refractivity contribution >= 4 is 5.97 Å². The Morgan fingerprint density at radius 2 is 1.50 bits per heavy atom. The van der Waals surface area contributed by atoms with E-state index in [-0.39, 0.29) is 37.4 Å². The van der Waals surface area contributed by atoms with Crippen LogP contribution in [0.2, 0.25) is 0 Å². The molecule has 110 valence electrons. The first-order valence-corrected chi connectivity index (χ1v) is 6.22. The summed E-state index contributed by atoms with van der Waals surface area (Å²) in [6, 6.07) is 0. The van der Waals surface area contributed by atoms with Crippen LogP contribution in [0.25, 0.3) is 0 Å². The zero-order valence-electron chi connectivity index (χ0n) is 12.4. The summed E-state index contributed by atoms with van der Waals surface area (Å²) < 4.78 is 5.14. The van der Waals surface area contributed by atoms with Crippen LogP contribution >= 0.6 is 0 Å². The third kappa shape index (κ3) is 5.38. The second-order valence-electron chi connectivity index (χ2n) is 7.18. The summed E-state index contributed by atoms with van der Waals surface area (Å²) in [5.41, 5.74) is -0.659. The third-order valence-electron chi connectivity index (χ3n) is 3.31. The van der Waals surface area contributed by atoms with E-state index in [1.54, 1.807) is 0 Å². The molecule has 0 aliphatic heterocycles. The van der Waals surface area contributed by atoms with Gasteiger partial charge in [-0.25, -0.2) is 0 Å². The Balaban J connectivity index is 0. The SMILES string of the molecule is C.CC(C)(C)CC(C)(C(=O)OCCO)C(C)(C)C. The van der Waals surface area contributed by atoms with Gasteiger partial charge in [-0.05, 0) is 24.2 Å². The predicted molar refractivity (Wildman–Crippen MR) is 76.4 cm³/mol. The topological polar surface area (TPSA) is 46.5 Å². The van der Waals surface area contributed by atoms with Gasteiger partial charge >= 0.3 is 5.97 Å². The number of hydrogen-bond acceptors (Lipinski definition) is 3. The van der Waals surface area contributed by atoms with E-state index in [1.165, 1.54) is 0 Å². The van der Waals surface area contributed by atoms with Crippen LogP contribution in [0.5, 0.6) is 0 Å². The van der Waals surface area contributed by atoms with Crippen molar-refractivity contribution in [2.45, 2.75) is 62.3 Å². The molecular weight excluding hydrogens is 228 g/mol. The van der Waals surface area contributed by atoms with Gasteiger partial charge in [0.2, 0.25) is 0 Å². The van der Waals surface area contributed by atoms with Gasteiger partial charge in [-0.15, -0.1) is 0 Å². The highest BCUT2D eigenvalue weighted by molar-refractivity contribution is 5.77. The Kier molecular flexibility index (Phi) is 7.20. The van der Waals surface area contributed by atoms with Crippen molar-refractivity contribution in [1.29, 1.82) is 0 Å². The zero-order chi connectivity index (χ0) is 13.9. The van der Waals surface area contributed by atoms with Crippen molar-refractivity contribution in [3.05, 3.63) is 0 Å². The van der Waals surface area contributed by atoms with Crippen molar-refractivity contribution in [2.75, 3.05) is 13.2 Å². The molecule has 0 aliphatic rings. The van der Waals surface area contributed by atoms with E-state index in [1.807, 2.05) is 6.92 Å². The van der Waals surface area contributed by atoms with E-state index in [9.17, 15) is 4.79 Å². The van der Waals surface area contributed by atoms with E-state index in [4.69, 9.17) is 9.84 Å². The molecule has 0 aromatic carbocycles. The molecule has 0 amide bonds. The van der Waals surface area contributed by atoms with Crippen LogP contribution in [0.1, 0.15) is 62.3 Å². The number of hydrogen-bond donors (Lipinski definition) is 1. The number of aliphatic hydroxyl groups is 1. The molecule has 18 heavy (non-hydrogen) atoms. The smallest absolute Gasteiger partial charge is 0.312 e. The van der Waals surface area contributed by atoms with Crippen molar-refractivity contribution in [1.82, 2.24) is 0 Å². The molecule has 1 N–H and O–H groups in total. The van der Waals surface area contributed by atoms with Gasteiger partial charge in [-0.3, -0.25) is 4.79 Å². The number of carbonyl (C=O) groups is 1. The molecule has 0 saturated heterocycles. The van der Waals surface area contributed by atoms with Crippen LogP contribution in [0.15, 0.2) is 0 Å². The minimum atomic E-state index is -0.541. The number of ether oxygens (including phenoxy) is 1. The summed E-state index contributed by atoms with van der Waals surface area (Å²) >= 11 is 0. The van der Waals surface area contributed by atoms with Crippen LogP contribution in [0.3, 0.4) is 0 Å². The van der Waals surface area contributed by atoms with E-state index in [0.29, 0.717) is 0 Å². The highest BCUT2D eigenvalue weighted by atomic mass is 16.5. The summed E-state index contributed by atoms with van der Waals surface area (Å²) in [7, 11) is 0. The Labute approximate surface area is 113 Å². The average Bonchev–Trinajstić information content (AvgIpc) is 2.09. The van der Waals surface area contributed by atoms with Gasteiger partial charge < -0.3 is 9.84 Å². The first kappa shape index (κ1) is 19.8. The second kappa shape index (κ2) is 6.55. The van der Waals surface area contributed by atoms with Crippen LogP contribution in [0, 0.1) is 16.2 Å². The quantitative estimate of drug-likeness (QED) is 0.785. The average molecular weight is 260 g/mol. The van der Waals surface area contributed by atoms with E-state index >= 15 is 0 Å². The predicted octanol–water partition coefficient (Wildman–Crippen LogP) is 3.65. The lowest BCUT2D eigenvalue weighted by Gasteiger charge is -2.43. The third-order valence-corrected chi connectivity index (χ3v) is 3.31. The molecule has 3 heteroatoms. The standard InChI is InChI=1S/C14H28O3.CH4/c1-12(2,3)10-14(7,13(4,5)6)11(16)17-9-8-15;/h15H,8-10H2,1-7H3;1H4. The lowest BCUT2D eigenvalue weighted by Crippen LogP contribution is -2.44. The minimum absolute atomic E-state index is 0. The molecule has 1 unspecified atom stereocenters. The van der Waals surface area contributed by atoms with E-state index < -0.39 is 5.41 Å². The number of carbonyl (C=O) groups excluding carboxylic acids is 1. The minimum Gasteiger partial charge on any atom is -0.463 e. The summed E-state index contributed by atoms with van der Waals surface area (Å²) in [6.45, 7) is 14.4. The lowest BCUT2D eigenvalue weighted by molar-refractivity contribution is -0.165. The number of aliphatic hydroxyl groups excluding tert-OH is 1. The Morgan fingerprint density at radius 3 is 1.78 bits per heavy atom. The van der Waals surface area contributed by atoms with E-state index in [0.717, 1.165) is 6.42 Å². The molecule has 0 bridgehead atoms. The molecule has 0 aromatic heterocycles. The van der Waals surface area contributed by atoms with Gasteiger partial charge in [-0.2, -0.15) is 0 Å². The maximum atomic E-state index is 12.2. The molecule has 1 atom stereocenters. The van der Waals surface area contributed by atoms with Gasteiger partial charge in [0, 0.05) is 0 Å². The molecule has 0 aliphatic carbocycles. The van der Waals surface area contributed by atoms with Crippen molar-refractivity contribution in [3.63, 3.8) is 0 Å². The fraction of sp³-hybridized carbons (Fsp3) is 0.933. The second-order valence-corrected chi connectivity index (χ2v) is 7.18. The fourth-order valence-corrected chi connectivity index (χ4v) is 2.00. The largest absolute Gasteiger partial charge is 0.463 e. The molecule has 0 spiro atoms. The van der Waals surface area contributed by atoms with Gasteiger partial charge in [0.05, 0.1) is 12.0 Å². The van der Waals surface area contributed by atoms with Crippen molar-refractivity contribution in [2.24, 2.45) is 16.2 Å². The molecule has 0 rings (SSSR count). The fourth-order valence-electron chi connectivity index (χ4n) is 2.00. The lowest BCUT2D eigenvalue weighted by atomic mass is 9.61. The summed E-state index contributed by atoms with van der Waals surface area (Å²) in [5.74, 6) is -0.214. The maximum Gasteiger partial charge on any atom is 0.312 e. The van der Waals surface area contributed by atoms with Crippen LogP contribution < -0.4 is 0 Å². The molecule has 0 fully saturated rings. The number of rotatable bonds is 4. The molecular formula is C15H32O3. The first-order valence-electron chi connectivity index (χ1n) is 6.22. The van der Waals surface area contributed by atoms with Gasteiger partial charge in [-0.1, -0.05) is 49.0 Å². The highest BCUT2D eigenvalue weighted by Gasteiger charge is 2.47. The molecule has 0 heterocycles. The summed E-state index contributed by atoms with van der Waals surface area (Å²) in [5, 5.41) is 8.74. The van der Waals surface area contributed by atoms with Gasteiger partial charge in [0.15, 0.2) is 0 Å².